The van der Waals surface area contributed by atoms with Crippen LogP contribution >= 0.6 is 0 Å². The van der Waals surface area contributed by atoms with Gasteiger partial charge in [-0.3, -0.25) is 20.0 Å². The molecule has 224 valence electrons. The lowest BCUT2D eigenvalue weighted by Gasteiger charge is -2.43. The van der Waals surface area contributed by atoms with Gasteiger partial charge in [-0.1, -0.05) is 60.7 Å². The maximum Gasteiger partial charge on any atom is 0.433 e. The highest BCUT2D eigenvalue weighted by molar-refractivity contribution is 6.10. The standard InChI is InChI=1S/C33H35F2N5O3/c1-33(2,22-34)39-19-17-38(18-20-39)21-26-28(31(41)37-40(32(42)43-3)24-13-8-5-9-14-24)25-15-10-16-27(35)30(25)36-29(26)23-11-6-4-7-12-23/h4-16H,17-22H2,1-3H3,(H,37,41). The quantitative estimate of drug-likeness (QED) is 0.275. The number of rotatable bonds is 7. The van der Waals surface area contributed by atoms with Gasteiger partial charge in [-0.05, 0) is 32.0 Å². The summed E-state index contributed by atoms with van der Waals surface area (Å²) in [5.41, 5.74) is 4.58. The normalized spacial score (nSPS) is 14.4. The van der Waals surface area contributed by atoms with Crippen molar-refractivity contribution >= 4 is 28.6 Å². The minimum Gasteiger partial charge on any atom is -0.451 e. The molecule has 1 fully saturated rings. The summed E-state index contributed by atoms with van der Waals surface area (Å²) in [7, 11) is 1.23. The van der Waals surface area contributed by atoms with Crippen LogP contribution in [0.5, 0.6) is 0 Å². The number of halogens is 2. The number of carbonyl (C=O) groups is 2. The van der Waals surface area contributed by atoms with Gasteiger partial charge >= 0.3 is 6.09 Å². The van der Waals surface area contributed by atoms with Crippen molar-refractivity contribution in [2.24, 2.45) is 0 Å². The van der Waals surface area contributed by atoms with Gasteiger partial charge in [-0.25, -0.2) is 18.6 Å². The molecule has 2 heterocycles. The van der Waals surface area contributed by atoms with Crippen LogP contribution in [0, 0.1) is 5.82 Å². The number of pyridine rings is 1. The number of hydrogen-bond donors (Lipinski definition) is 1. The van der Waals surface area contributed by atoms with Gasteiger partial charge in [0.1, 0.15) is 18.0 Å². The summed E-state index contributed by atoms with van der Waals surface area (Å²) in [6.07, 6.45) is -0.791. The Morgan fingerprint density at radius 2 is 1.60 bits per heavy atom. The van der Waals surface area contributed by atoms with E-state index in [1.54, 1.807) is 36.4 Å². The maximum atomic E-state index is 15.3. The first-order valence-corrected chi connectivity index (χ1v) is 14.2. The van der Waals surface area contributed by atoms with Crippen molar-refractivity contribution in [2.75, 3.05) is 45.0 Å². The fraction of sp³-hybridized carbons (Fsp3) is 0.303. The van der Waals surface area contributed by atoms with Crippen LogP contribution in [0.25, 0.3) is 22.2 Å². The molecule has 0 atom stereocenters. The number of hydrazine groups is 1. The fourth-order valence-corrected chi connectivity index (χ4v) is 5.40. The van der Waals surface area contributed by atoms with Gasteiger partial charge in [0.15, 0.2) is 0 Å². The highest BCUT2D eigenvalue weighted by Crippen LogP contribution is 2.33. The molecule has 0 saturated carbocycles. The Bertz CT molecular complexity index is 1590. The molecule has 0 bridgehead atoms. The molecule has 0 unspecified atom stereocenters. The molecule has 0 spiro atoms. The average molecular weight is 588 g/mol. The van der Waals surface area contributed by atoms with Crippen LogP contribution < -0.4 is 10.4 Å². The number of fused-ring (bicyclic) bond motifs is 1. The Balaban J connectivity index is 1.62. The van der Waals surface area contributed by atoms with Crippen molar-refractivity contribution < 1.29 is 23.1 Å². The molecule has 0 radical (unpaired) electrons. The molecular formula is C33H35F2N5O3. The van der Waals surface area contributed by atoms with Gasteiger partial charge in [-0.15, -0.1) is 0 Å². The summed E-state index contributed by atoms with van der Waals surface area (Å²) < 4.78 is 33.9. The topological polar surface area (TPSA) is 78.0 Å². The number of hydrogen-bond acceptors (Lipinski definition) is 6. The minimum atomic E-state index is -0.791. The number of nitrogens with one attached hydrogen (secondary N) is 1. The van der Waals surface area contributed by atoms with E-state index in [1.807, 2.05) is 44.2 Å². The Kier molecular flexibility index (Phi) is 8.98. The van der Waals surface area contributed by atoms with E-state index < -0.39 is 30.0 Å². The second-order valence-corrected chi connectivity index (χ2v) is 11.1. The summed E-state index contributed by atoms with van der Waals surface area (Å²) in [5.74, 6) is -1.18. The Labute approximate surface area is 249 Å². The van der Waals surface area contributed by atoms with E-state index >= 15 is 4.39 Å². The van der Waals surface area contributed by atoms with Crippen molar-refractivity contribution in [1.29, 1.82) is 0 Å². The molecule has 0 aliphatic carbocycles. The number of piperazine rings is 1. The van der Waals surface area contributed by atoms with E-state index in [2.05, 4.69) is 15.2 Å². The van der Waals surface area contributed by atoms with Crippen LogP contribution in [0.4, 0.5) is 19.3 Å². The van der Waals surface area contributed by atoms with Gasteiger partial charge in [-0.2, -0.15) is 5.01 Å². The lowest BCUT2D eigenvalue weighted by Crippen LogP contribution is -2.55. The van der Waals surface area contributed by atoms with Crippen LogP contribution in [0.3, 0.4) is 0 Å². The van der Waals surface area contributed by atoms with Gasteiger partial charge in [0.05, 0.1) is 24.1 Å². The zero-order valence-corrected chi connectivity index (χ0v) is 24.5. The van der Waals surface area contributed by atoms with Crippen LogP contribution in [0.1, 0.15) is 29.8 Å². The molecular weight excluding hydrogens is 552 g/mol. The molecule has 8 nitrogen and oxygen atoms in total. The predicted molar refractivity (Wildman–Crippen MR) is 163 cm³/mol. The largest absolute Gasteiger partial charge is 0.451 e. The lowest BCUT2D eigenvalue weighted by molar-refractivity contribution is 0.0349. The van der Waals surface area contributed by atoms with E-state index in [4.69, 9.17) is 9.72 Å². The third kappa shape index (κ3) is 6.35. The second kappa shape index (κ2) is 12.8. The summed E-state index contributed by atoms with van der Waals surface area (Å²) in [4.78, 5) is 36.1. The summed E-state index contributed by atoms with van der Waals surface area (Å²) in [5, 5.41) is 1.35. The number of nitrogens with zero attached hydrogens (tertiary/aromatic N) is 4. The zero-order chi connectivity index (χ0) is 30.6. The summed E-state index contributed by atoms with van der Waals surface area (Å²) >= 11 is 0. The molecule has 4 aromatic rings. The first-order chi connectivity index (χ1) is 20.7. The Morgan fingerprint density at radius 1 is 0.953 bits per heavy atom. The molecule has 5 rings (SSSR count). The van der Waals surface area contributed by atoms with Gasteiger partial charge in [0.25, 0.3) is 5.91 Å². The van der Waals surface area contributed by atoms with Crippen molar-refractivity contribution in [2.45, 2.75) is 25.9 Å². The van der Waals surface area contributed by atoms with Crippen LogP contribution in [0.15, 0.2) is 78.9 Å². The van der Waals surface area contributed by atoms with Gasteiger partial charge < -0.3 is 4.74 Å². The summed E-state index contributed by atoms with van der Waals surface area (Å²) in [6.45, 7) is 6.24. The number of alkyl halides is 1. The van der Waals surface area contributed by atoms with E-state index in [0.29, 0.717) is 55.1 Å². The third-order valence-electron chi connectivity index (χ3n) is 7.86. The third-order valence-corrected chi connectivity index (χ3v) is 7.86. The monoisotopic (exact) mass is 587 g/mol. The summed E-state index contributed by atoms with van der Waals surface area (Å²) in [6, 6.07) is 22.4. The Morgan fingerprint density at radius 3 is 2.23 bits per heavy atom. The van der Waals surface area contributed by atoms with Crippen molar-refractivity contribution in [3.63, 3.8) is 0 Å². The number of ether oxygens (including phenoxy) is 1. The molecule has 1 aromatic heterocycles. The van der Waals surface area contributed by atoms with Gasteiger partial charge in [0, 0.05) is 54.8 Å². The number of aromatic nitrogens is 1. The van der Waals surface area contributed by atoms with Crippen LogP contribution in [0.2, 0.25) is 0 Å². The maximum absolute atomic E-state index is 15.3. The van der Waals surface area contributed by atoms with Crippen molar-refractivity contribution in [3.05, 3.63) is 95.8 Å². The fourth-order valence-electron chi connectivity index (χ4n) is 5.40. The first kappa shape index (κ1) is 30.1. The van der Waals surface area contributed by atoms with Crippen molar-refractivity contribution in [1.82, 2.24) is 20.2 Å². The van der Waals surface area contributed by atoms with Crippen LogP contribution in [-0.2, 0) is 11.3 Å². The highest BCUT2D eigenvalue weighted by Gasteiger charge is 2.32. The van der Waals surface area contributed by atoms with E-state index in [9.17, 15) is 14.0 Å². The molecule has 10 heteroatoms. The Hall–Kier alpha value is -4.41. The van der Waals surface area contributed by atoms with E-state index in [-0.39, 0.29) is 11.1 Å². The SMILES string of the molecule is COC(=O)N(NC(=O)c1c(CN2CCN(C(C)(C)CF)CC2)c(-c2ccccc2)nc2c(F)cccc12)c1ccccc1. The highest BCUT2D eigenvalue weighted by atomic mass is 19.1. The predicted octanol–water partition coefficient (Wildman–Crippen LogP) is 5.82. The van der Waals surface area contributed by atoms with Crippen molar-refractivity contribution in [3.8, 4) is 11.3 Å². The molecule has 1 saturated heterocycles. The van der Waals surface area contributed by atoms with E-state index in [0.717, 1.165) is 10.6 Å². The van der Waals surface area contributed by atoms with E-state index in [1.165, 1.54) is 19.2 Å². The molecule has 43 heavy (non-hydrogen) atoms. The smallest absolute Gasteiger partial charge is 0.433 e. The zero-order valence-electron chi connectivity index (χ0n) is 24.5. The average Bonchev–Trinajstić information content (AvgIpc) is 3.04. The minimum absolute atomic E-state index is 0.0501. The number of benzene rings is 3. The molecule has 1 aliphatic heterocycles. The molecule has 1 aliphatic rings. The number of para-hydroxylation sites is 2. The first-order valence-electron chi connectivity index (χ1n) is 14.2. The molecule has 3 aromatic carbocycles. The van der Waals surface area contributed by atoms with Crippen LogP contribution in [-0.4, -0.2) is 72.3 Å². The lowest BCUT2D eigenvalue weighted by atomic mass is 9.95. The number of amides is 2. The van der Waals surface area contributed by atoms with Gasteiger partial charge in [0.2, 0.25) is 0 Å². The number of carbonyl (C=O) groups excluding carboxylic acids is 2. The number of anilines is 1. The molecule has 2 amide bonds. The molecule has 1 N–H and O–H groups in total. The second-order valence-electron chi connectivity index (χ2n) is 11.1. The number of methoxy groups -OCH3 is 1.